The minimum absolute atomic E-state index is 0.00302. The van der Waals surface area contributed by atoms with E-state index in [9.17, 15) is 13.2 Å². The monoisotopic (exact) mass is 567 g/mol. The summed E-state index contributed by atoms with van der Waals surface area (Å²) in [7, 11) is -2.29. The first-order valence-electron chi connectivity index (χ1n) is 13.3. The Kier molecular flexibility index (Phi) is 8.26. The van der Waals surface area contributed by atoms with E-state index >= 15 is 0 Å². The van der Waals surface area contributed by atoms with Gasteiger partial charge in [-0.05, 0) is 19.5 Å². The van der Waals surface area contributed by atoms with Crippen LogP contribution in [0.4, 0.5) is 0 Å². The number of fused-ring (bicyclic) bond motifs is 1. The van der Waals surface area contributed by atoms with E-state index in [2.05, 4.69) is 26.9 Å². The van der Waals surface area contributed by atoms with Crippen LogP contribution in [0, 0.1) is 0 Å². The number of likely N-dealkylation sites (N-methyl/N-ethyl adjacent to an activating group) is 1. The molecule has 1 N–H and O–H groups in total. The third-order valence-corrected chi connectivity index (χ3v) is 8.84. The minimum atomic E-state index is -3.84. The second kappa shape index (κ2) is 11.8. The van der Waals surface area contributed by atoms with Gasteiger partial charge in [0.05, 0.1) is 18.4 Å². The van der Waals surface area contributed by atoms with Gasteiger partial charge in [0.1, 0.15) is 28.4 Å². The Morgan fingerprint density at radius 1 is 1.02 bits per heavy atom. The molecule has 1 fully saturated rings. The number of sulfonamides is 1. The van der Waals surface area contributed by atoms with Crippen molar-refractivity contribution in [3.63, 3.8) is 0 Å². The maximum absolute atomic E-state index is 13.6. The van der Waals surface area contributed by atoms with Crippen molar-refractivity contribution in [2.75, 3.05) is 53.0 Å². The topological polar surface area (TPSA) is 136 Å². The molecular formula is C27H33N7O5S. The number of aromatic amines is 1. The number of nitrogens with zero attached hydrogens (tertiary/aromatic N) is 6. The highest BCUT2D eigenvalue weighted by molar-refractivity contribution is 7.89. The number of nitrogens with one attached hydrogen (secondary N) is 1. The number of hydrogen-bond acceptors (Lipinski definition) is 9. The number of pyridine rings is 1. The zero-order valence-electron chi connectivity index (χ0n) is 22.8. The molecule has 0 saturated carbocycles. The second-order valence-electron chi connectivity index (χ2n) is 9.35. The molecule has 5 rings (SSSR count). The molecule has 4 heterocycles. The summed E-state index contributed by atoms with van der Waals surface area (Å²) in [6.07, 6.45) is 1.29. The quantitative estimate of drug-likeness (QED) is 0.286. The number of hydrogen-bond donors (Lipinski definition) is 1. The van der Waals surface area contributed by atoms with Crippen LogP contribution in [0.1, 0.15) is 13.8 Å². The summed E-state index contributed by atoms with van der Waals surface area (Å²) in [5.41, 5.74) is 1.56. The van der Waals surface area contributed by atoms with Crippen LogP contribution < -0.4 is 10.3 Å². The van der Waals surface area contributed by atoms with Gasteiger partial charge in [-0.25, -0.2) is 23.1 Å². The zero-order chi connectivity index (χ0) is 28.3. The highest BCUT2D eigenvalue weighted by atomic mass is 32.2. The normalized spacial score (nSPS) is 15.1. The molecular weight excluding hydrogens is 534 g/mol. The van der Waals surface area contributed by atoms with Crippen LogP contribution >= 0.6 is 0 Å². The van der Waals surface area contributed by atoms with Gasteiger partial charge in [-0.2, -0.15) is 9.40 Å². The zero-order valence-corrected chi connectivity index (χ0v) is 23.6. The van der Waals surface area contributed by atoms with E-state index < -0.39 is 15.6 Å². The van der Waals surface area contributed by atoms with E-state index in [0.717, 1.165) is 12.1 Å². The lowest BCUT2D eigenvalue weighted by Crippen LogP contribution is -2.48. The molecule has 13 heteroatoms. The highest BCUT2D eigenvalue weighted by Gasteiger charge is 2.30. The van der Waals surface area contributed by atoms with Crippen molar-refractivity contribution in [3.8, 4) is 28.5 Å². The number of ether oxygens (including phenoxy) is 2. The fraction of sp³-hybridized carbons (Fsp3) is 0.407. The Bertz CT molecular complexity index is 1650. The van der Waals surface area contributed by atoms with Crippen LogP contribution in [0.3, 0.4) is 0 Å². The Morgan fingerprint density at radius 3 is 2.45 bits per heavy atom. The van der Waals surface area contributed by atoms with Crippen molar-refractivity contribution in [1.29, 1.82) is 0 Å². The predicted octanol–water partition coefficient (Wildman–Crippen LogP) is 2.22. The van der Waals surface area contributed by atoms with E-state index in [1.54, 1.807) is 11.8 Å². The maximum atomic E-state index is 13.6. The predicted molar refractivity (Wildman–Crippen MR) is 151 cm³/mol. The van der Waals surface area contributed by atoms with Crippen molar-refractivity contribution in [2.24, 2.45) is 0 Å². The number of aromatic nitrogens is 5. The third-order valence-electron chi connectivity index (χ3n) is 6.97. The second-order valence-corrected chi connectivity index (χ2v) is 11.3. The Hall–Kier alpha value is -3.65. The molecule has 0 unspecified atom stereocenters. The van der Waals surface area contributed by atoms with Crippen LogP contribution in [0.2, 0.25) is 0 Å². The number of methoxy groups -OCH3 is 1. The van der Waals surface area contributed by atoms with Gasteiger partial charge in [0, 0.05) is 45.4 Å². The third kappa shape index (κ3) is 5.37. The summed E-state index contributed by atoms with van der Waals surface area (Å²) in [5.74, 6) is 0.277. The molecule has 40 heavy (non-hydrogen) atoms. The fourth-order valence-electron chi connectivity index (χ4n) is 4.74. The lowest BCUT2D eigenvalue weighted by molar-refractivity contribution is 0.144. The molecule has 0 aliphatic carbocycles. The average molecular weight is 568 g/mol. The molecule has 3 aromatic heterocycles. The van der Waals surface area contributed by atoms with Gasteiger partial charge in [0.2, 0.25) is 15.9 Å². The summed E-state index contributed by atoms with van der Waals surface area (Å²) >= 11 is 0. The first kappa shape index (κ1) is 27.9. The first-order chi connectivity index (χ1) is 19.4. The largest absolute Gasteiger partial charge is 0.475 e. The van der Waals surface area contributed by atoms with Gasteiger partial charge in [0.25, 0.3) is 5.56 Å². The molecule has 1 aromatic carbocycles. The summed E-state index contributed by atoms with van der Waals surface area (Å²) in [6.45, 7) is 7.88. The van der Waals surface area contributed by atoms with Crippen LogP contribution in [0.5, 0.6) is 5.88 Å². The molecule has 1 saturated heterocycles. The maximum Gasteiger partial charge on any atom is 0.262 e. The average Bonchev–Trinajstić information content (AvgIpc) is 3.37. The molecule has 0 atom stereocenters. The summed E-state index contributed by atoms with van der Waals surface area (Å²) in [4.78, 5) is 27.6. The minimum Gasteiger partial charge on any atom is -0.475 e. The van der Waals surface area contributed by atoms with Crippen molar-refractivity contribution >= 4 is 21.1 Å². The Balaban J connectivity index is 1.62. The summed E-state index contributed by atoms with van der Waals surface area (Å²) < 4.78 is 41.2. The van der Waals surface area contributed by atoms with Crippen LogP contribution in [0.25, 0.3) is 33.7 Å². The molecule has 1 aliphatic rings. The fourth-order valence-corrected chi connectivity index (χ4v) is 6.14. The lowest BCUT2D eigenvalue weighted by Gasteiger charge is -2.33. The molecule has 0 radical (unpaired) electrons. The van der Waals surface area contributed by atoms with E-state index in [1.165, 1.54) is 16.6 Å². The molecule has 4 aromatic rings. The van der Waals surface area contributed by atoms with Crippen LogP contribution in [-0.2, 0) is 21.3 Å². The van der Waals surface area contributed by atoms with E-state index in [4.69, 9.17) is 14.5 Å². The van der Waals surface area contributed by atoms with Crippen molar-refractivity contribution in [3.05, 3.63) is 52.9 Å². The van der Waals surface area contributed by atoms with E-state index in [0.29, 0.717) is 56.1 Å². The number of H-pyrrole nitrogens is 1. The van der Waals surface area contributed by atoms with Crippen LogP contribution in [-0.4, -0.2) is 95.4 Å². The number of rotatable bonds is 10. The molecule has 1 aliphatic heterocycles. The van der Waals surface area contributed by atoms with Gasteiger partial charge in [-0.15, -0.1) is 0 Å². The standard InChI is InChI=1S/C27H33N7O5S/c1-4-32-11-13-33(14-12-32)40(36,37)20-17-21(27(28-18-20)39-16-15-38-3)24-29-25-22(26(35)30-24)23(31-34(25)5-2)19-9-7-6-8-10-19/h6-10,17-18H,4-5,11-16H2,1-3H3,(H,29,30,35). The highest BCUT2D eigenvalue weighted by Crippen LogP contribution is 2.31. The molecule has 212 valence electrons. The van der Waals surface area contributed by atoms with Gasteiger partial charge >= 0.3 is 0 Å². The van der Waals surface area contributed by atoms with Crippen molar-refractivity contribution in [1.82, 2.24) is 33.9 Å². The van der Waals surface area contributed by atoms with Gasteiger partial charge < -0.3 is 19.4 Å². The molecule has 0 amide bonds. The Labute approximate surface area is 232 Å². The first-order valence-corrected chi connectivity index (χ1v) is 14.7. The number of benzene rings is 1. The van der Waals surface area contributed by atoms with E-state index in [-0.39, 0.29) is 28.8 Å². The SMILES string of the molecule is CCN1CCN(S(=O)(=O)c2cnc(OCCOC)c(-c3nc4c(c(-c5ccccc5)nn4CC)c(=O)[nH]3)c2)CC1. The van der Waals surface area contributed by atoms with Crippen LogP contribution in [0.15, 0.2) is 52.3 Å². The summed E-state index contributed by atoms with van der Waals surface area (Å²) in [5, 5.41) is 5.00. The lowest BCUT2D eigenvalue weighted by atomic mass is 10.1. The van der Waals surface area contributed by atoms with E-state index in [1.807, 2.05) is 37.3 Å². The number of aryl methyl sites for hydroxylation is 1. The summed E-state index contributed by atoms with van der Waals surface area (Å²) in [6, 6.07) is 10.9. The van der Waals surface area contributed by atoms with Gasteiger partial charge in [-0.1, -0.05) is 37.3 Å². The van der Waals surface area contributed by atoms with Crippen molar-refractivity contribution in [2.45, 2.75) is 25.3 Å². The van der Waals surface area contributed by atoms with Gasteiger partial charge in [-0.3, -0.25) is 4.79 Å². The van der Waals surface area contributed by atoms with Gasteiger partial charge in [0.15, 0.2) is 5.65 Å². The molecule has 0 bridgehead atoms. The smallest absolute Gasteiger partial charge is 0.262 e. The van der Waals surface area contributed by atoms with Crippen molar-refractivity contribution < 1.29 is 17.9 Å². The Morgan fingerprint density at radius 2 is 1.77 bits per heavy atom. The number of piperazine rings is 1. The molecule has 0 spiro atoms. The molecule has 12 nitrogen and oxygen atoms in total.